The van der Waals surface area contributed by atoms with E-state index in [0.29, 0.717) is 17.1 Å². The number of thiazole rings is 1. The van der Waals surface area contributed by atoms with E-state index in [1.54, 1.807) is 5.38 Å². The van der Waals surface area contributed by atoms with Gasteiger partial charge in [-0.1, -0.05) is 0 Å². The smallest absolute Gasteiger partial charge is 0.303 e. The van der Waals surface area contributed by atoms with Gasteiger partial charge in [0.25, 0.3) is 5.56 Å². The highest BCUT2D eigenvalue weighted by Gasteiger charge is 2.06. The zero-order valence-electron chi connectivity index (χ0n) is 9.88. The molecule has 7 heteroatoms. The van der Waals surface area contributed by atoms with Crippen molar-refractivity contribution < 1.29 is 14.3 Å². The zero-order chi connectivity index (χ0) is 13.8. The lowest BCUT2D eigenvalue weighted by Gasteiger charge is -2.02. The summed E-state index contributed by atoms with van der Waals surface area (Å²) in [6.45, 7) is 0.189. The van der Waals surface area contributed by atoms with Gasteiger partial charge in [0, 0.05) is 24.1 Å². The predicted octanol–water partition coefficient (Wildman–Crippen LogP) is 1.51. The molecule has 0 aliphatic heterocycles. The minimum atomic E-state index is -0.879. The van der Waals surface area contributed by atoms with E-state index in [-0.39, 0.29) is 18.5 Å². The van der Waals surface area contributed by atoms with Gasteiger partial charge in [-0.15, -0.1) is 11.3 Å². The van der Waals surface area contributed by atoms with Crippen LogP contribution in [0.1, 0.15) is 17.1 Å². The van der Waals surface area contributed by atoms with Gasteiger partial charge >= 0.3 is 5.97 Å². The Labute approximate surface area is 112 Å². The third-order valence-corrected chi connectivity index (χ3v) is 3.33. The van der Waals surface area contributed by atoms with Crippen molar-refractivity contribution in [3.63, 3.8) is 0 Å². The van der Waals surface area contributed by atoms with E-state index in [1.807, 2.05) is 0 Å². The summed E-state index contributed by atoms with van der Waals surface area (Å²) in [5, 5.41) is 11.0. The molecule has 0 fully saturated rings. The first-order valence-electron chi connectivity index (χ1n) is 5.55. The Hall–Kier alpha value is -2.02. The molecule has 1 N–H and O–H groups in total. The Morgan fingerprint density at radius 1 is 1.47 bits per heavy atom. The molecule has 0 amide bonds. The number of aliphatic carboxylic acids is 1. The highest BCUT2D eigenvalue weighted by Crippen LogP contribution is 2.12. The molecule has 2 rings (SSSR count). The molecule has 0 saturated carbocycles. The van der Waals surface area contributed by atoms with E-state index >= 15 is 0 Å². The first-order chi connectivity index (χ1) is 9.04. The molecule has 2 heterocycles. The second kappa shape index (κ2) is 5.75. The molecular formula is C12H11FN2O3S. The van der Waals surface area contributed by atoms with Crippen LogP contribution in [-0.2, 0) is 17.8 Å². The Balaban J connectivity index is 2.09. The summed E-state index contributed by atoms with van der Waals surface area (Å²) in [5.74, 6) is -1.36. The van der Waals surface area contributed by atoms with Crippen LogP contribution in [0.25, 0.3) is 0 Å². The van der Waals surface area contributed by atoms with Crippen LogP contribution in [0.5, 0.6) is 0 Å². The number of carboxylic acid groups (broad SMARTS) is 1. The second-order valence-electron chi connectivity index (χ2n) is 3.94. The second-order valence-corrected chi connectivity index (χ2v) is 4.88. The SMILES string of the molecule is O=C(O)CCc1csc(Cn2cc(F)ccc2=O)n1. The number of hydrogen-bond acceptors (Lipinski definition) is 4. The van der Waals surface area contributed by atoms with Crippen molar-refractivity contribution in [1.29, 1.82) is 0 Å². The quantitative estimate of drug-likeness (QED) is 0.902. The van der Waals surface area contributed by atoms with Gasteiger partial charge in [0.2, 0.25) is 0 Å². The third kappa shape index (κ3) is 3.72. The van der Waals surface area contributed by atoms with Gasteiger partial charge in [0.1, 0.15) is 10.8 Å². The number of carboxylic acids is 1. The first kappa shape index (κ1) is 13.4. The molecule has 5 nitrogen and oxygen atoms in total. The van der Waals surface area contributed by atoms with Crippen LogP contribution in [0.2, 0.25) is 0 Å². The Bertz CT molecular complexity index is 650. The molecule has 0 unspecified atom stereocenters. The summed E-state index contributed by atoms with van der Waals surface area (Å²) in [7, 11) is 0. The van der Waals surface area contributed by atoms with Crippen LogP contribution >= 0.6 is 11.3 Å². The fourth-order valence-electron chi connectivity index (χ4n) is 1.54. The monoisotopic (exact) mass is 282 g/mol. The summed E-state index contributed by atoms with van der Waals surface area (Å²) in [4.78, 5) is 26.2. The lowest BCUT2D eigenvalue weighted by Crippen LogP contribution is -2.19. The molecule has 0 bridgehead atoms. The Kier molecular flexibility index (Phi) is 4.06. The average molecular weight is 282 g/mol. The molecule has 0 atom stereocenters. The third-order valence-electron chi connectivity index (χ3n) is 2.45. The maximum Gasteiger partial charge on any atom is 0.303 e. The van der Waals surface area contributed by atoms with Gasteiger partial charge in [0.05, 0.1) is 18.7 Å². The summed E-state index contributed by atoms with van der Waals surface area (Å²) in [6.07, 6.45) is 1.49. The number of pyridine rings is 1. The molecular weight excluding hydrogens is 271 g/mol. The minimum absolute atomic E-state index is 0.0170. The number of aryl methyl sites for hydroxylation is 1. The highest BCUT2D eigenvalue weighted by atomic mass is 32.1. The maximum absolute atomic E-state index is 13.0. The van der Waals surface area contributed by atoms with Crippen LogP contribution in [0.3, 0.4) is 0 Å². The van der Waals surface area contributed by atoms with Crippen molar-refractivity contribution in [2.75, 3.05) is 0 Å². The molecule has 2 aromatic rings. The molecule has 0 aliphatic rings. The summed E-state index contributed by atoms with van der Waals surface area (Å²) < 4.78 is 14.3. The number of halogens is 1. The first-order valence-corrected chi connectivity index (χ1v) is 6.43. The maximum atomic E-state index is 13.0. The molecule has 0 aromatic carbocycles. The summed E-state index contributed by atoms with van der Waals surface area (Å²) in [5.41, 5.74) is 0.371. The number of hydrogen-bond donors (Lipinski definition) is 1. The summed E-state index contributed by atoms with van der Waals surface area (Å²) in [6, 6.07) is 2.27. The molecule has 100 valence electrons. The van der Waals surface area contributed by atoms with Crippen LogP contribution in [0, 0.1) is 5.82 Å². The summed E-state index contributed by atoms with van der Waals surface area (Å²) >= 11 is 1.32. The van der Waals surface area contributed by atoms with Gasteiger partial charge in [0.15, 0.2) is 0 Å². The Morgan fingerprint density at radius 2 is 2.26 bits per heavy atom. The molecule has 0 aliphatic carbocycles. The van der Waals surface area contributed by atoms with Crippen LogP contribution in [0.15, 0.2) is 28.5 Å². The van der Waals surface area contributed by atoms with Gasteiger partial charge in [-0.3, -0.25) is 9.59 Å². The van der Waals surface area contributed by atoms with Crippen molar-refractivity contribution in [3.8, 4) is 0 Å². The van der Waals surface area contributed by atoms with Crippen molar-refractivity contribution >= 4 is 17.3 Å². The average Bonchev–Trinajstić information content (AvgIpc) is 2.79. The van der Waals surface area contributed by atoms with Crippen LogP contribution in [0.4, 0.5) is 4.39 Å². The van der Waals surface area contributed by atoms with Gasteiger partial charge in [-0.2, -0.15) is 0 Å². The lowest BCUT2D eigenvalue weighted by molar-refractivity contribution is -0.136. The molecule has 0 saturated heterocycles. The number of rotatable bonds is 5. The normalized spacial score (nSPS) is 10.6. The van der Waals surface area contributed by atoms with E-state index in [0.717, 1.165) is 18.3 Å². The van der Waals surface area contributed by atoms with Crippen LogP contribution < -0.4 is 5.56 Å². The highest BCUT2D eigenvalue weighted by molar-refractivity contribution is 7.09. The van der Waals surface area contributed by atoms with Gasteiger partial charge < -0.3 is 9.67 Å². The Morgan fingerprint density at radius 3 is 3.00 bits per heavy atom. The van der Waals surface area contributed by atoms with E-state index in [1.165, 1.54) is 15.9 Å². The number of aromatic nitrogens is 2. The molecule has 0 radical (unpaired) electrons. The number of nitrogens with zero attached hydrogens (tertiary/aromatic N) is 2. The minimum Gasteiger partial charge on any atom is -0.481 e. The van der Waals surface area contributed by atoms with E-state index < -0.39 is 11.8 Å². The van der Waals surface area contributed by atoms with E-state index in [9.17, 15) is 14.0 Å². The van der Waals surface area contributed by atoms with Crippen molar-refractivity contribution in [1.82, 2.24) is 9.55 Å². The fraction of sp³-hybridized carbons (Fsp3) is 0.250. The zero-order valence-corrected chi connectivity index (χ0v) is 10.7. The standard InChI is InChI=1S/C12H11FN2O3S/c13-8-1-3-11(16)15(5-8)6-10-14-9(7-19-10)2-4-12(17)18/h1,3,5,7H,2,4,6H2,(H,17,18). The largest absolute Gasteiger partial charge is 0.481 e. The van der Waals surface area contributed by atoms with E-state index in [2.05, 4.69) is 4.98 Å². The fourth-order valence-corrected chi connectivity index (χ4v) is 2.37. The molecule has 2 aromatic heterocycles. The number of carbonyl (C=O) groups is 1. The van der Waals surface area contributed by atoms with Gasteiger partial charge in [-0.25, -0.2) is 9.37 Å². The topological polar surface area (TPSA) is 72.2 Å². The van der Waals surface area contributed by atoms with Crippen molar-refractivity contribution in [3.05, 3.63) is 50.6 Å². The molecule has 19 heavy (non-hydrogen) atoms. The van der Waals surface area contributed by atoms with Crippen molar-refractivity contribution in [2.45, 2.75) is 19.4 Å². The van der Waals surface area contributed by atoms with Gasteiger partial charge in [-0.05, 0) is 6.07 Å². The van der Waals surface area contributed by atoms with E-state index in [4.69, 9.17) is 5.11 Å². The van der Waals surface area contributed by atoms with Crippen LogP contribution in [-0.4, -0.2) is 20.6 Å². The van der Waals surface area contributed by atoms with Crippen molar-refractivity contribution in [2.24, 2.45) is 0 Å². The predicted molar refractivity (Wildman–Crippen MR) is 67.8 cm³/mol. The molecule has 0 spiro atoms. The lowest BCUT2D eigenvalue weighted by atomic mass is 10.2.